The molecule has 0 saturated carbocycles. The molecule has 1 N–H and O–H groups in total. The fourth-order valence-electron chi connectivity index (χ4n) is 1.97. The van der Waals surface area contributed by atoms with Crippen LogP contribution in [-0.2, 0) is 6.54 Å². The number of aromatic nitrogens is 1. The molecule has 1 aromatic heterocycles. The van der Waals surface area contributed by atoms with Crippen molar-refractivity contribution in [2.75, 3.05) is 5.32 Å². The molecule has 0 radical (unpaired) electrons. The second-order valence-corrected chi connectivity index (χ2v) is 7.65. The van der Waals surface area contributed by atoms with Crippen LogP contribution >= 0.6 is 34.7 Å². The molecule has 0 bridgehead atoms. The molecule has 5 nitrogen and oxygen atoms in total. The first-order valence-electron chi connectivity index (χ1n) is 6.96. The summed E-state index contributed by atoms with van der Waals surface area (Å²) in [6.07, 6.45) is 1.76. The third kappa shape index (κ3) is 4.47. The van der Waals surface area contributed by atoms with Crippen LogP contribution in [0.25, 0.3) is 0 Å². The van der Waals surface area contributed by atoms with Gasteiger partial charge in [0.1, 0.15) is 0 Å². The van der Waals surface area contributed by atoms with E-state index in [9.17, 15) is 10.1 Å². The van der Waals surface area contributed by atoms with Crippen molar-refractivity contribution in [3.63, 3.8) is 0 Å². The molecular formula is C16H12ClN3O2S2. The van der Waals surface area contributed by atoms with Gasteiger partial charge < -0.3 is 5.32 Å². The van der Waals surface area contributed by atoms with Crippen molar-refractivity contribution in [3.05, 3.63) is 74.2 Å². The van der Waals surface area contributed by atoms with E-state index in [0.717, 1.165) is 20.4 Å². The average molecular weight is 378 g/mol. The summed E-state index contributed by atoms with van der Waals surface area (Å²) >= 11 is 8.82. The van der Waals surface area contributed by atoms with E-state index < -0.39 is 4.92 Å². The van der Waals surface area contributed by atoms with Crippen LogP contribution in [0.5, 0.6) is 0 Å². The van der Waals surface area contributed by atoms with Crippen molar-refractivity contribution >= 4 is 46.1 Å². The van der Waals surface area contributed by atoms with Gasteiger partial charge in [-0.05, 0) is 36.4 Å². The molecule has 122 valence electrons. The largest absolute Gasteiger partial charge is 0.380 e. The molecule has 2 aromatic carbocycles. The lowest BCUT2D eigenvalue weighted by Crippen LogP contribution is -1.96. The van der Waals surface area contributed by atoms with Crippen LogP contribution in [0.1, 0.15) is 4.88 Å². The van der Waals surface area contributed by atoms with Crippen molar-refractivity contribution in [1.29, 1.82) is 0 Å². The maximum atomic E-state index is 10.7. The summed E-state index contributed by atoms with van der Waals surface area (Å²) in [5.41, 5.74) is 1.11. The predicted octanol–water partition coefficient (Wildman–Crippen LogP) is 5.47. The number of nitrogens with one attached hydrogen (secondary N) is 1. The van der Waals surface area contributed by atoms with Gasteiger partial charge in [0.05, 0.1) is 11.5 Å². The Morgan fingerprint density at radius 2 is 1.75 bits per heavy atom. The van der Waals surface area contributed by atoms with Gasteiger partial charge in [0.15, 0.2) is 4.47 Å². The zero-order valence-electron chi connectivity index (χ0n) is 12.3. The standard InChI is InChI=1S/C16H12ClN3O2S2/c17-16-19-10-15(24-16)9-18-11-1-5-13(6-2-11)23-14-7-3-12(4-8-14)20(21)22/h1-8,10,18H,9H2. The highest BCUT2D eigenvalue weighted by Crippen LogP contribution is 2.30. The van der Waals surface area contributed by atoms with E-state index in [1.807, 2.05) is 24.3 Å². The normalized spacial score (nSPS) is 10.5. The van der Waals surface area contributed by atoms with Crippen LogP contribution in [0.15, 0.2) is 64.5 Å². The molecule has 24 heavy (non-hydrogen) atoms. The van der Waals surface area contributed by atoms with Crippen LogP contribution in [0, 0.1) is 10.1 Å². The summed E-state index contributed by atoms with van der Waals surface area (Å²) in [4.78, 5) is 17.4. The van der Waals surface area contributed by atoms with Gasteiger partial charge in [-0.1, -0.05) is 23.4 Å². The summed E-state index contributed by atoms with van der Waals surface area (Å²) in [5.74, 6) is 0. The maximum absolute atomic E-state index is 10.7. The van der Waals surface area contributed by atoms with Crippen molar-refractivity contribution in [1.82, 2.24) is 4.98 Å². The highest BCUT2D eigenvalue weighted by atomic mass is 35.5. The number of hydrogen-bond acceptors (Lipinski definition) is 6. The summed E-state index contributed by atoms with van der Waals surface area (Å²) in [5, 5.41) is 14.0. The monoisotopic (exact) mass is 377 g/mol. The fraction of sp³-hybridized carbons (Fsp3) is 0.0625. The van der Waals surface area contributed by atoms with Crippen molar-refractivity contribution in [2.45, 2.75) is 16.3 Å². The highest BCUT2D eigenvalue weighted by Gasteiger charge is 2.05. The Morgan fingerprint density at radius 1 is 1.12 bits per heavy atom. The number of thiazole rings is 1. The van der Waals surface area contributed by atoms with E-state index in [1.165, 1.54) is 23.5 Å². The van der Waals surface area contributed by atoms with Crippen LogP contribution < -0.4 is 5.32 Å². The van der Waals surface area contributed by atoms with Gasteiger partial charge >= 0.3 is 0 Å². The van der Waals surface area contributed by atoms with E-state index in [-0.39, 0.29) is 5.69 Å². The lowest BCUT2D eigenvalue weighted by atomic mass is 10.3. The zero-order chi connectivity index (χ0) is 16.9. The quantitative estimate of drug-likeness (QED) is 0.455. The Morgan fingerprint density at radius 3 is 2.29 bits per heavy atom. The number of nitro benzene ring substituents is 1. The smallest absolute Gasteiger partial charge is 0.269 e. The minimum absolute atomic E-state index is 0.0991. The minimum atomic E-state index is -0.398. The molecule has 0 aliphatic heterocycles. The molecule has 0 aliphatic rings. The highest BCUT2D eigenvalue weighted by molar-refractivity contribution is 7.99. The Hall–Kier alpha value is -2.09. The van der Waals surface area contributed by atoms with Gasteiger partial charge in [-0.3, -0.25) is 10.1 Å². The average Bonchev–Trinajstić information content (AvgIpc) is 3.00. The van der Waals surface area contributed by atoms with Crippen molar-refractivity contribution in [2.24, 2.45) is 0 Å². The van der Waals surface area contributed by atoms with Gasteiger partial charge in [0, 0.05) is 38.7 Å². The number of nitrogens with zero attached hydrogens (tertiary/aromatic N) is 2. The first-order valence-corrected chi connectivity index (χ1v) is 8.98. The SMILES string of the molecule is O=[N+]([O-])c1ccc(Sc2ccc(NCc3cnc(Cl)s3)cc2)cc1. The fourth-order valence-corrected chi connectivity index (χ4v) is 3.70. The molecule has 0 unspecified atom stereocenters. The summed E-state index contributed by atoms with van der Waals surface area (Å²) < 4.78 is 0.543. The number of hydrogen-bond donors (Lipinski definition) is 1. The molecule has 0 fully saturated rings. The molecule has 0 atom stereocenters. The lowest BCUT2D eigenvalue weighted by molar-refractivity contribution is -0.384. The van der Waals surface area contributed by atoms with E-state index in [0.29, 0.717) is 11.0 Å². The number of halogens is 1. The summed E-state index contributed by atoms with van der Waals surface area (Å²) in [7, 11) is 0. The Labute approximate surface area is 151 Å². The van der Waals surface area contributed by atoms with E-state index in [1.54, 1.807) is 30.1 Å². The Bertz CT molecular complexity index is 835. The maximum Gasteiger partial charge on any atom is 0.269 e. The molecule has 0 saturated heterocycles. The first kappa shape index (κ1) is 16.8. The Balaban J connectivity index is 1.58. The van der Waals surface area contributed by atoms with Gasteiger partial charge in [0.2, 0.25) is 0 Å². The summed E-state index contributed by atoms with van der Waals surface area (Å²) in [6.45, 7) is 0.680. The van der Waals surface area contributed by atoms with Crippen LogP contribution in [0.4, 0.5) is 11.4 Å². The predicted molar refractivity (Wildman–Crippen MR) is 98.1 cm³/mol. The van der Waals surface area contributed by atoms with E-state index >= 15 is 0 Å². The third-order valence-corrected chi connectivity index (χ3v) is 5.26. The molecule has 1 heterocycles. The molecule has 3 aromatic rings. The van der Waals surface area contributed by atoms with Gasteiger partial charge in [-0.25, -0.2) is 4.98 Å². The number of benzene rings is 2. The number of rotatable bonds is 6. The topological polar surface area (TPSA) is 68.1 Å². The molecular weight excluding hydrogens is 366 g/mol. The number of nitro groups is 1. The van der Waals surface area contributed by atoms with Crippen molar-refractivity contribution < 1.29 is 4.92 Å². The number of non-ortho nitro benzene ring substituents is 1. The summed E-state index contributed by atoms with van der Waals surface area (Å²) in [6, 6.07) is 14.5. The lowest BCUT2D eigenvalue weighted by Gasteiger charge is -2.06. The second-order valence-electron chi connectivity index (χ2n) is 4.81. The van der Waals surface area contributed by atoms with E-state index in [2.05, 4.69) is 10.3 Å². The van der Waals surface area contributed by atoms with Gasteiger partial charge in [-0.2, -0.15) is 0 Å². The molecule has 0 spiro atoms. The molecule has 8 heteroatoms. The zero-order valence-corrected chi connectivity index (χ0v) is 14.7. The second kappa shape index (κ2) is 7.65. The van der Waals surface area contributed by atoms with Crippen molar-refractivity contribution in [3.8, 4) is 0 Å². The van der Waals surface area contributed by atoms with Crippen LogP contribution in [-0.4, -0.2) is 9.91 Å². The first-order chi connectivity index (χ1) is 11.6. The number of anilines is 1. The molecule has 0 aliphatic carbocycles. The third-order valence-electron chi connectivity index (χ3n) is 3.13. The molecule has 0 amide bonds. The Kier molecular flexibility index (Phi) is 5.34. The van der Waals surface area contributed by atoms with Gasteiger partial charge in [0.25, 0.3) is 5.69 Å². The van der Waals surface area contributed by atoms with Crippen LogP contribution in [0.2, 0.25) is 4.47 Å². The molecule has 3 rings (SSSR count). The van der Waals surface area contributed by atoms with Crippen LogP contribution in [0.3, 0.4) is 0 Å². The van der Waals surface area contributed by atoms with Gasteiger partial charge in [-0.15, -0.1) is 11.3 Å². The minimum Gasteiger partial charge on any atom is -0.380 e. The van der Waals surface area contributed by atoms with E-state index in [4.69, 9.17) is 11.6 Å².